The molecule has 1 aromatic carbocycles. The van der Waals surface area contributed by atoms with Gasteiger partial charge in [-0.3, -0.25) is 24.6 Å². The van der Waals surface area contributed by atoms with Gasteiger partial charge < -0.3 is 45.3 Å². The molecule has 0 radical (unpaired) electrons. The first-order valence-corrected chi connectivity index (χ1v) is 16.6. The summed E-state index contributed by atoms with van der Waals surface area (Å²) in [6, 6.07) is 0. The van der Waals surface area contributed by atoms with Crippen LogP contribution in [0.25, 0.3) is 0 Å². The zero-order chi connectivity index (χ0) is 38.3. The van der Waals surface area contributed by atoms with Crippen molar-refractivity contribution in [3.63, 3.8) is 0 Å². The average molecular weight is 710 g/mol. The molecule has 1 amide bonds. The molecule has 3 heterocycles. The first kappa shape index (κ1) is 39.0. The maximum absolute atomic E-state index is 14.0. The molecule has 276 valence electrons. The number of methoxy groups -OCH3 is 1. The lowest BCUT2D eigenvalue weighted by atomic mass is 9.78. The predicted octanol–water partition coefficient (Wildman–Crippen LogP) is 3.10. The number of aliphatic hydroxyl groups is 2. The number of hydrogen-bond acceptors (Lipinski definition) is 13. The number of ether oxygens (including phenoxy) is 4. The quantitative estimate of drug-likeness (QED) is 0.244. The zero-order valence-corrected chi connectivity index (χ0v) is 30.2. The van der Waals surface area contributed by atoms with Gasteiger partial charge in [-0.1, -0.05) is 45.9 Å². The Bertz CT molecular complexity index is 1780. The summed E-state index contributed by atoms with van der Waals surface area (Å²) in [6.07, 6.45) is 3.44. The number of phenols is 1. The second-order valence-corrected chi connectivity index (χ2v) is 13.6. The highest BCUT2D eigenvalue weighted by molar-refractivity contribution is 6.33. The van der Waals surface area contributed by atoms with E-state index in [0.29, 0.717) is 0 Å². The van der Waals surface area contributed by atoms with Crippen LogP contribution >= 0.6 is 0 Å². The van der Waals surface area contributed by atoms with Crippen LogP contribution in [-0.2, 0) is 23.8 Å². The Morgan fingerprint density at radius 3 is 2.25 bits per heavy atom. The topological polar surface area (TPSA) is 228 Å². The number of phenolic OH excluding ortho intramolecular Hbond substituents is 1. The Kier molecular flexibility index (Phi) is 11.3. The molecule has 7 N–H and O–H groups in total. The van der Waals surface area contributed by atoms with Crippen molar-refractivity contribution in [1.82, 2.24) is 5.32 Å². The summed E-state index contributed by atoms with van der Waals surface area (Å²) in [5.41, 5.74) is 4.18. The third kappa shape index (κ3) is 7.08. The number of nitrogens with one attached hydrogen (secondary N) is 2. The van der Waals surface area contributed by atoms with Crippen molar-refractivity contribution in [3.05, 3.63) is 69.8 Å². The number of esters is 1. The third-order valence-corrected chi connectivity index (χ3v) is 10.0. The highest BCUT2D eigenvalue weighted by Crippen LogP contribution is 2.48. The van der Waals surface area contributed by atoms with Crippen molar-refractivity contribution in [2.75, 3.05) is 7.11 Å². The Balaban J connectivity index is 1.86. The molecule has 5 rings (SSSR count). The van der Waals surface area contributed by atoms with Crippen molar-refractivity contribution >= 4 is 29.2 Å². The minimum absolute atomic E-state index is 0.0260. The van der Waals surface area contributed by atoms with Crippen LogP contribution in [0.4, 0.5) is 0 Å². The predicted molar refractivity (Wildman–Crippen MR) is 185 cm³/mol. The highest BCUT2D eigenvalue weighted by Gasteiger charge is 2.52. The minimum atomic E-state index is -2.02. The molecule has 5 bridgehead atoms. The van der Waals surface area contributed by atoms with Gasteiger partial charge in [0.2, 0.25) is 5.78 Å². The number of allylic oxidation sites excluding steroid dienone is 4. The molecule has 1 aliphatic carbocycles. The van der Waals surface area contributed by atoms with Crippen molar-refractivity contribution in [2.45, 2.75) is 85.6 Å². The molecule has 0 saturated heterocycles. The van der Waals surface area contributed by atoms with Crippen molar-refractivity contribution in [2.24, 2.45) is 29.4 Å². The summed E-state index contributed by atoms with van der Waals surface area (Å²) >= 11 is 0. The SMILES string of the molecule is CO[C@H]1/C=C\O[C@@]2(C)Oc3c(C)c(O)c4c(c3C2=O)C(=N)C(N)=C(NC(=O)/C(C)=C\C=C/[C@H](C)[C@H](O)[C@@H](C)[C@@H](O)[C@@H](C)[C@H](OC(C)=O)[C@@H]1C)C4=O. The zero-order valence-electron chi connectivity index (χ0n) is 30.2. The summed E-state index contributed by atoms with van der Waals surface area (Å²) in [4.78, 5) is 53.2. The number of aliphatic hydroxyl groups excluding tert-OH is 2. The molecule has 3 aliphatic heterocycles. The molecule has 14 nitrogen and oxygen atoms in total. The van der Waals surface area contributed by atoms with Gasteiger partial charge >= 0.3 is 11.8 Å². The molecule has 0 spiro atoms. The van der Waals surface area contributed by atoms with Crippen LogP contribution in [0.15, 0.2) is 47.5 Å². The number of rotatable bonds is 2. The van der Waals surface area contributed by atoms with E-state index in [0.717, 1.165) is 0 Å². The van der Waals surface area contributed by atoms with Gasteiger partial charge in [0.1, 0.15) is 23.3 Å². The minimum Gasteiger partial charge on any atom is -0.507 e. The number of hydrogen-bond donors (Lipinski definition) is 6. The van der Waals surface area contributed by atoms with E-state index in [1.165, 1.54) is 53.2 Å². The van der Waals surface area contributed by atoms with E-state index in [-0.39, 0.29) is 28.0 Å². The number of carbonyl (C=O) groups excluding carboxylic acids is 4. The van der Waals surface area contributed by atoms with E-state index in [4.69, 9.17) is 30.1 Å². The summed E-state index contributed by atoms with van der Waals surface area (Å²) in [5, 5.41) is 45.1. The van der Waals surface area contributed by atoms with Crippen molar-refractivity contribution < 1.29 is 53.4 Å². The molecule has 1 aromatic rings. The fourth-order valence-corrected chi connectivity index (χ4v) is 6.75. The molecule has 0 fully saturated rings. The third-order valence-electron chi connectivity index (χ3n) is 10.0. The van der Waals surface area contributed by atoms with Gasteiger partial charge in [-0.25, -0.2) is 0 Å². The Morgan fingerprint density at radius 2 is 1.65 bits per heavy atom. The number of benzene rings is 1. The monoisotopic (exact) mass is 709 g/mol. The summed E-state index contributed by atoms with van der Waals surface area (Å²) in [5.74, 6) is -8.13. The summed E-state index contributed by atoms with van der Waals surface area (Å²) < 4.78 is 23.2. The van der Waals surface area contributed by atoms with E-state index in [1.807, 2.05) is 0 Å². The van der Waals surface area contributed by atoms with Crippen LogP contribution < -0.4 is 15.8 Å². The van der Waals surface area contributed by atoms with Gasteiger partial charge in [0, 0.05) is 61.3 Å². The summed E-state index contributed by atoms with van der Waals surface area (Å²) in [7, 11) is 1.42. The lowest BCUT2D eigenvalue weighted by Crippen LogP contribution is -2.46. The number of amides is 1. The van der Waals surface area contributed by atoms with Crippen molar-refractivity contribution in [1.29, 1.82) is 5.41 Å². The number of aromatic hydroxyl groups is 1. The molecule has 0 saturated carbocycles. The number of carbonyl (C=O) groups is 4. The number of ketones is 2. The fourth-order valence-electron chi connectivity index (χ4n) is 6.75. The van der Waals surface area contributed by atoms with Crippen LogP contribution in [0.3, 0.4) is 0 Å². The Hall–Kier alpha value is -4.79. The van der Waals surface area contributed by atoms with Crippen LogP contribution in [0, 0.1) is 36.0 Å². The molecule has 0 aromatic heterocycles. The van der Waals surface area contributed by atoms with Gasteiger partial charge in [-0.15, -0.1) is 0 Å². The Labute approximate surface area is 296 Å². The van der Waals surface area contributed by atoms with E-state index in [1.54, 1.807) is 39.8 Å². The average Bonchev–Trinajstić information content (AvgIpc) is 3.35. The van der Waals surface area contributed by atoms with Gasteiger partial charge in [0.05, 0.1) is 47.1 Å². The van der Waals surface area contributed by atoms with E-state index >= 15 is 0 Å². The smallest absolute Gasteiger partial charge is 0.312 e. The second kappa shape index (κ2) is 14.8. The van der Waals surface area contributed by atoms with Crippen molar-refractivity contribution in [3.8, 4) is 11.5 Å². The van der Waals surface area contributed by atoms with Gasteiger partial charge in [0.15, 0.2) is 0 Å². The fraction of sp³-hybridized carbons (Fsp3) is 0.486. The molecule has 51 heavy (non-hydrogen) atoms. The Morgan fingerprint density at radius 1 is 1.00 bits per heavy atom. The van der Waals surface area contributed by atoms with Gasteiger partial charge in [0.25, 0.3) is 11.7 Å². The van der Waals surface area contributed by atoms with Gasteiger partial charge in [-0.2, -0.15) is 0 Å². The number of nitrogens with two attached hydrogens (primary N) is 1. The van der Waals surface area contributed by atoms with Crippen LogP contribution in [-0.4, -0.2) is 81.8 Å². The molecular formula is C37H47N3O11. The molecular weight excluding hydrogens is 662 g/mol. The molecule has 9 atom stereocenters. The first-order chi connectivity index (χ1) is 23.8. The second-order valence-electron chi connectivity index (χ2n) is 13.6. The largest absolute Gasteiger partial charge is 0.507 e. The van der Waals surface area contributed by atoms with Gasteiger partial charge in [-0.05, 0) is 19.9 Å². The molecule has 14 heteroatoms. The maximum atomic E-state index is 14.0. The molecule has 0 unspecified atom stereocenters. The maximum Gasteiger partial charge on any atom is 0.312 e. The van der Waals surface area contributed by atoms with E-state index in [9.17, 15) is 34.5 Å². The lowest BCUT2D eigenvalue weighted by Gasteiger charge is -2.38. The van der Waals surface area contributed by atoms with Crippen LogP contribution in [0.2, 0.25) is 0 Å². The summed E-state index contributed by atoms with van der Waals surface area (Å²) in [6.45, 7) is 12.3. The normalized spacial score (nSPS) is 34.2. The van der Waals surface area contributed by atoms with Crippen LogP contribution in [0.1, 0.15) is 80.3 Å². The highest BCUT2D eigenvalue weighted by atomic mass is 16.7. The number of Topliss-reactive ketones (excluding diaryl/α,β-unsaturated/α-hetero) is 2. The molecule has 4 aliphatic rings. The standard InChI is InChI=1S/C37H47N3O11/c1-15-11-10-12-16(2)36(47)40-28-27(39)26(38)23-24(32(28)45)31(44)20(6)34-25(23)35(46)37(8,51-34)49-14-13-22(48-9)17(3)33(50-21(7)41)19(5)30(43)18(4)29(15)42/h10-15,17-19,22,29-30,33,38,42-44H,39H2,1-9H3,(H,40,47)/b11-10-,14-13-,16-12-,38-26?/t15-,17+,18+,19+,22-,29-,30+,33+,37-/m0/s1. The first-order valence-electron chi connectivity index (χ1n) is 16.6. The lowest BCUT2D eigenvalue weighted by molar-refractivity contribution is -0.160. The van der Waals surface area contributed by atoms with Crippen LogP contribution in [0.5, 0.6) is 11.5 Å². The number of fused-ring (bicyclic) bond motifs is 14. The van der Waals surface area contributed by atoms with E-state index < -0.39 is 106 Å². The van der Waals surface area contributed by atoms with E-state index in [2.05, 4.69) is 5.32 Å².